The summed E-state index contributed by atoms with van der Waals surface area (Å²) >= 11 is 0. The predicted molar refractivity (Wildman–Crippen MR) is 114 cm³/mol. The second-order valence-corrected chi connectivity index (χ2v) is 7.26. The van der Waals surface area contributed by atoms with Gasteiger partial charge in [-0.05, 0) is 75.1 Å². The molecule has 3 rings (SSSR count). The van der Waals surface area contributed by atoms with Crippen molar-refractivity contribution in [1.29, 1.82) is 0 Å². The Labute approximate surface area is 170 Å². The van der Waals surface area contributed by atoms with E-state index in [1.807, 2.05) is 64.1 Å². The number of ether oxygens (including phenoxy) is 1. The zero-order valence-electron chi connectivity index (χ0n) is 17.3. The number of nitrogens with zero attached hydrogens (tertiary/aromatic N) is 2. The topological polar surface area (TPSA) is 73.2 Å². The summed E-state index contributed by atoms with van der Waals surface area (Å²) in [5.41, 5.74) is 5.34. The molecule has 150 valence electrons. The molecule has 0 aliphatic heterocycles. The first-order valence-electron chi connectivity index (χ1n) is 9.47. The van der Waals surface area contributed by atoms with Gasteiger partial charge in [0.05, 0.1) is 5.69 Å². The maximum atomic E-state index is 12.6. The van der Waals surface area contributed by atoms with Gasteiger partial charge in [0.15, 0.2) is 6.10 Å². The highest BCUT2D eigenvalue weighted by Gasteiger charge is 2.17. The van der Waals surface area contributed by atoms with E-state index in [0.717, 1.165) is 27.9 Å². The van der Waals surface area contributed by atoms with Gasteiger partial charge in [-0.15, -0.1) is 5.10 Å². The van der Waals surface area contributed by atoms with Crippen molar-refractivity contribution in [2.75, 3.05) is 5.32 Å². The van der Waals surface area contributed by atoms with Gasteiger partial charge in [0.1, 0.15) is 0 Å². The molecule has 0 saturated heterocycles. The van der Waals surface area contributed by atoms with Crippen LogP contribution in [0.5, 0.6) is 5.88 Å². The maximum Gasteiger partial charge on any atom is 0.271 e. The molecular formula is C23H25N3O3. The quantitative estimate of drug-likeness (QED) is 0.716. The van der Waals surface area contributed by atoms with E-state index in [9.17, 15) is 9.59 Å². The van der Waals surface area contributed by atoms with Gasteiger partial charge in [-0.25, -0.2) is 0 Å². The minimum absolute atomic E-state index is 0.200. The molecule has 2 aromatic carbocycles. The number of benzene rings is 2. The van der Waals surface area contributed by atoms with Crippen molar-refractivity contribution in [3.05, 3.63) is 81.1 Å². The Kier molecular flexibility index (Phi) is 5.82. The van der Waals surface area contributed by atoms with Crippen LogP contribution in [0.3, 0.4) is 0 Å². The van der Waals surface area contributed by atoms with Gasteiger partial charge in [-0.2, -0.15) is 4.68 Å². The standard InChI is InChI=1S/C23H25N3O3/c1-14-6-7-16(3)20(12-14)24-23(28)18(5)29-21-10-11-22(27)26(25-21)19-9-8-15(2)17(4)13-19/h6-13,18H,1-5H3,(H,24,28)/t18-/m0/s1. The normalized spacial score (nSPS) is 11.8. The van der Waals surface area contributed by atoms with Crippen LogP contribution >= 0.6 is 0 Å². The summed E-state index contributed by atoms with van der Waals surface area (Å²) in [6.45, 7) is 9.53. The predicted octanol–water partition coefficient (Wildman–Crippen LogP) is 3.87. The Hall–Kier alpha value is -3.41. The molecule has 0 aliphatic carbocycles. The van der Waals surface area contributed by atoms with Crippen LogP contribution in [0.15, 0.2) is 53.3 Å². The van der Waals surface area contributed by atoms with Crippen molar-refractivity contribution in [2.45, 2.75) is 40.7 Å². The molecule has 29 heavy (non-hydrogen) atoms. The lowest BCUT2D eigenvalue weighted by Gasteiger charge is -2.16. The number of amides is 1. The lowest BCUT2D eigenvalue weighted by Crippen LogP contribution is -2.31. The molecule has 1 aromatic heterocycles. The third-order valence-corrected chi connectivity index (χ3v) is 4.83. The molecule has 1 N–H and O–H groups in total. The highest BCUT2D eigenvalue weighted by atomic mass is 16.5. The number of carbonyl (C=O) groups excluding carboxylic acids is 1. The molecule has 0 bridgehead atoms. The van der Waals surface area contributed by atoms with Gasteiger partial charge in [0.2, 0.25) is 5.88 Å². The number of aryl methyl sites for hydroxylation is 4. The largest absolute Gasteiger partial charge is 0.463 e. The Morgan fingerprint density at radius 1 is 0.966 bits per heavy atom. The maximum absolute atomic E-state index is 12.6. The van der Waals surface area contributed by atoms with Crippen molar-refractivity contribution in [1.82, 2.24) is 9.78 Å². The molecule has 0 fully saturated rings. The first-order chi connectivity index (χ1) is 13.7. The van der Waals surface area contributed by atoms with Crippen molar-refractivity contribution in [2.24, 2.45) is 0 Å². The second-order valence-electron chi connectivity index (χ2n) is 7.26. The summed E-state index contributed by atoms with van der Waals surface area (Å²) in [5, 5.41) is 7.16. The van der Waals surface area contributed by atoms with Crippen LogP contribution in [0.2, 0.25) is 0 Å². The van der Waals surface area contributed by atoms with Gasteiger partial charge in [-0.3, -0.25) is 9.59 Å². The summed E-state index contributed by atoms with van der Waals surface area (Å²) in [7, 11) is 0. The number of rotatable bonds is 5. The number of hydrogen-bond acceptors (Lipinski definition) is 4. The number of nitrogens with one attached hydrogen (secondary N) is 1. The number of aromatic nitrogens is 2. The molecular weight excluding hydrogens is 366 g/mol. The van der Waals surface area contributed by atoms with E-state index >= 15 is 0 Å². The summed E-state index contributed by atoms with van der Waals surface area (Å²) in [4.78, 5) is 24.8. The number of anilines is 1. The zero-order valence-corrected chi connectivity index (χ0v) is 17.3. The van der Waals surface area contributed by atoms with Crippen LogP contribution in [0.1, 0.15) is 29.2 Å². The van der Waals surface area contributed by atoms with E-state index in [1.54, 1.807) is 6.92 Å². The minimum atomic E-state index is -0.784. The fraction of sp³-hybridized carbons (Fsp3) is 0.261. The smallest absolute Gasteiger partial charge is 0.271 e. The highest BCUT2D eigenvalue weighted by Crippen LogP contribution is 2.18. The molecule has 0 radical (unpaired) electrons. The van der Waals surface area contributed by atoms with Crippen LogP contribution in [-0.2, 0) is 4.79 Å². The summed E-state index contributed by atoms with van der Waals surface area (Å²) < 4.78 is 6.98. The van der Waals surface area contributed by atoms with Crippen molar-refractivity contribution >= 4 is 11.6 Å². The molecule has 1 atom stereocenters. The minimum Gasteiger partial charge on any atom is -0.463 e. The number of hydrogen-bond donors (Lipinski definition) is 1. The molecule has 0 saturated carbocycles. The highest BCUT2D eigenvalue weighted by molar-refractivity contribution is 5.94. The molecule has 0 aliphatic rings. The average molecular weight is 391 g/mol. The Morgan fingerprint density at radius 3 is 2.41 bits per heavy atom. The van der Waals surface area contributed by atoms with Crippen molar-refractivity contribution < 1.29 is 9.53 Å². The summed E-state index contributed by atoms with van der Waals surface area (Å²) in [5.74, 6) is -0.0872. The Bertz CT molecular complexity index is 1120. The Morgan fingerprint density at radius 2 is 1.69 bits per heavy atom. The third kappa shape index (κ3) is 4.71. The summed E-state index contributed by atoms with van der Waals surface area (Å²) in [6, 6.07) is 14.4. The van der Waals surface area contributed by atoms with E-state index < -0.39 is 6.10 Å². The van der Waals surface area contributed by atoms with E-state index in [1.165, 1.54) is 16.8 Å². The van der Waals surface area contributed by atoms with E-state index in [4.69, 9.17) is 4.74 Å². The fourth-order valence-corrected chi connectivity index (χ4v) is 2.84. The molecule has 3 aromatic rings. The molecule has 1 heterocycles. The molecule has 1 amide bonds. The van der Waals surface area contributed by atoms with Gasteiger partial charge in [0, 0.05) is 17.8 Å². The average Bonchev–Trinajstić information content (AvgIpc) is 2.68. The van der Waals surface area contributed by atoms with E-state index in [-0.39, 0.29) is 17.3 Å². The summed E-state index contributed by atoms with van der Waals surface area (Å²) in [6.07, 6.45) is -0.784. The zero-order chi connectivity index (χ0) is 21.1. The second kappa shape index (κ2) is 8.31. The van der Waals surface area contributed by atoms with Crippen molar-refractivity contribution in [3.8, 4) is 11.6 Å². The van der Waals surface area contributed by atoms with Gasteiger partial charge in [0.25, 0.3) is 11.5 Å². The molecule has 0 spiro atoms. The lowest BCUT2D eigenvalue weighted by molar-refractivity contribution is -0.122. The number of carbonyl (C=O) groups is 1. The van der Waals surface area contributed by atoms with Gasteiger partial charge >= 0.3 is 0 Å². The van der Waals surface area contributed by atoms with Crippen LogP contribution < -0.4 is 15.6 Å². The fourth-order valence-electron chi connectivity index (χ4n) is 2.84. The van der Waals surface area contributed by atoms with E-state index in [2.05, 4.69) is 10.4 Å². The molecule has 0 unspecified atom stereocenters. The SMILES string of the molecule is Cc1ccc(C)c(NC(=O)[C@H](C)Oc2ccc(=O)n(-c3ccc(C)c(C)c3)n2)c1. The van der Waals surface area contributed by atoms with Crippen LogP contribution in [0, 0.1) is 27.7 Å². The third-order valence-electron chi connectivity index (χ3n) is 4.83. The monoisotopic (exact) mass is 391 g/mol. The first-order valence-corrected chi connectivity index (χ1v) is 9.47. The van der Waals surface area contributed by atoms with Crippen LogP contribution in [-0.4, -0.2) is 21.8 Å². The lowest BCUT2D eigenvalue weighted by atomic mass is 10.1. The van der Waals surface area contributed by atoms with Gasteiger partial charge in [-0.1, -0.05) is 18.2 Å². The van der Waals surface area contributed by atoms with Crippen molar-refractivity contribution in [3.63, 3.8) is 0 Å². The van der Waals surface area contributed by atoms with Crippen LogP contribution in [0.25, 0.3) is 5.69 Å². The molecule has 6 heteroatoms. The Balaban J connectivity index is 1.79. The van der Waals surface area contributed by atoms with E-state index in [0.29, 0.717) is 5.69 Å². The first kappa shape index (κ1) is 20.3. The van der Waals surface area contributed by atoms with Gasteiger partial charge < -0.3 is 10.1 Å². The molecule has 6 nitrogen and oxygen atoms in total. The van der Waals surface area contributed by atoms with Crippen LogP contribution in [0.4, 0.5) is 5.69 Å².